The van der Waals surface area contributed by atoms with Gasteiger partial charge in [0.05, 0.1) is 0 Å². The van der Waals surface area contributed by atoms with Crippen LogP contribution in [0.25, 0.3) is 0 Å². The lowest BCUT2D eigenvalue weighted by Crippen LogP contribution is -2.37. The van der Waals surface area contributed by atoms with Crippen LogP contribution in [0, 0.1) is 0 Å². The average molecular weight is 307 g/mol. The third-order valence-corrected chi connectivity index (χ3v) is 4.15. The minimum atomic E-state index is 0.443. The van der Waals surface area contributed by atoms with Gasteiger partial charge in [0, 0.05) is 11.7 Å². The topological polar surface area (TPSA) is 24.1 Å². The quantitative estimate of drug-likeness (QED) is 0.687. The standard InChI is InChI=1S/C18H30N2S/c1-7-14(8-2)19-18(21)20-17-15(12(3)4)10-9-11-16(17)13(5)6/h9-14H,7-8H2,1-6H3,(H2,19,20,21). The zero-order valence-electron chi connectivity index (χ0n) is 14.3. The van der Waals surface area contributed by atoms with E-state index in [0.717, 1.165) is 18.0 Å². The highest BCUT2D eigenvalue weighted by atomic mass is 32.1. The summed E-state index contributed by atoms with van der Waals surface area (Å²) in [6.45, 7) is 13.3. The Morgan fingerprint density at radius 3 is 1.86 bits per heavy atom. The maximum atomic E-state index is 5.51. The van der Waals surface area contributed by atoms with Crippen LogP contribution in [-0.4, -0.2) is 11.2 Å². The van der Waals surface area contributed by atoms with Crippen LogP contribution >= 0.6 is 12.2 Å². The van der Waals surface area contributed by atoms with Crippen molar-refractivity contribution in [2.75, 3.05) is 5.32 Å². The van der Waals surface area contributed by atoms with Gasteiger partial charge in [-0.3, -0.25) is 0 Å². The maximum absolute atomic E-state index is 5.51. The van der Waals surface area contributed by atoms with Crippen molar-refractivity contribution in [1.29, 1.82) is 0 Å². The smallest absolute Gasteiger partial charge is 0.171 e. The Morgan fingerprint density at radius 2 is 1.48 bits per heavy atom. The Bertz CT molecular complexity index is 436. The molecule has 3 heteroatoms. The van der Waals surface area contributed by atoms with Gasteiger partial charge in [0.15, 0.2) is 5.11 Å². The van der Waals surface area contributed by atoms with E-state index in [0.29, 0.717) is 17.9 Å². The molecule has 0 aliphatic rings. The molecule has 0 aliphatic carbocycles. The molecule has 0 aliphatic heterocycles. The van der Waals surface area contributed by atoms with Crippen LogP contribution in [0.3, 0.4) is 0 Å². The summed E-state index contributed by atoms with van der Waals surface area (Å²) in [6, 6.07) is 6.98. The molecule has 118 valence electrons. The van der Waals surface area contributed by atoms with Crippen LogP contribution in [-0.2, 0) is 0 Å². The largest absolute Gasteiger partial charge is 0.360 e. The SMILES string of the molecule is CCC(CC)NC(=S)Nc1c(C(C)C)cccc1C(C)C. The van der Waals surface area contributed by atoms with E-state index in [2.05, 4.69) is 70.4 Å². The summed E-state index contributed by atoms with van der Waals surface area (Å²) >= 11 is 5.51. The van der Waals surface area contributed by atoms with Crippen LogP contribution in [0.4, 0.5) is 5.69 Å². The first kappa shape index (κ1) is 18.0. The summed E-state index contributed by atoms with van der Waals surface area (Å²) in [5.41, 5.74) is 3.84. The molecule has 0 heterocycles. The molecule has 0 bridgehead atoms. The van der Waals surface area contributed by atoms with Crippen molar-refractivity contribution >= 4 is 23.0 Å². The molecule has 2 nitrogen and oxygen atoms in total. The molecule has 1 aromatic carbocycles. The van der Waals surface area contributed by atoms with Gasteiger partial charge in [-0.1, -0.05) is 59.7 Å². The number of para-hydroxylation sites is 1. The van der Waals surface area contributed by atoms with Gasteiger partial charge in [-0.2, -0.15) is 0 Å². The van der Waals surface area contributed by atoms with Gasteiger partial charge in [-0.15, -0.1) is 0 Å². The summed E-state index contributed by atoms with van der Waals surface area (Å²) in [5, 5.41) is 7.61. The first-order chi connectivity index (χ1) is 9.90. The summed E-state index contributed by atoms with van der Waals surface area (Å²) < 4.78 is 0. The van der Waals surface area contributed by atoms with Gasteiger partial charge < -0.3 is 10.6 Å². The van der Waals surface area contributed by atoms with Gasteiger partial charge in [0.2, 0.25) is 0 Å². The second kappa shape index (κ2) is 8.38. The fourth-order valence-corrected chi connectivity index (χ4v) is 2.79. The monoisotopic (exact) mass is 306 g/mol. The maximum Gasteiger partial charge on any atom is 0.171 e. The molecule has 1 aromatic rings. The van der Waals surface area contributed by atoms with Gasteiger partial charge >= 0.3 is 0 Å². The van der Waals surface area contributed by atoms with E-state index in [1.165, 1.54) is 16.8 Å². The molecule has 0 atom stereocenters. The third kappa shape index (κ3) is 4.99. The van der Waals surface area contributed by atoms with Crippen molar-refractivity contribution in [2.45, 2.75) is 72.3 Å². The second-order valence-electron chi connectivity index (χ2n) is 6.23. The number of thiocarbonyl (C=S) groups is 1. The Morgan fingerprint density at radius 1 is 1.00 bits per heavy atom. The van der Waals surface area contributed by atoms with Gasteiger partial charge in [-0.25, -0.2) is 0 Å². The molecule has 1 rings (SSSR count). The lowest BCUT2D eigenvalue weighted by Gasteiger charge is -2.23. The van der Waals surface area contributed by atoms with Gasteiger partial charge in [0.25, 0.3) is 0 Å². The third-order valence-electron chi connectivity index (χ3n) is 3.93. The van der Waals surface area contributed by atoms with Crippen molar-refractivity contribution in [3.05, 3.63) is 29.3 Å². The lowest BCUT2D eigenvalue weighted by atomic mass is 9.93. The molecule has 0 saturated carbocycles. The Hall–Kier alpha value is -1.09. The van der Waals surface area contributed by atoms with Crippen molar-refractivity contribution in [3.63, 3.8) is 0 Å². The zero-order valence-corrected chi connectivity index (χ0v) is 15.1. The Kier molecular flexibility index (Phi) is 7.16. The highest BCUT2D eigenvalue weighted by Crippen LogP contribution is 2.32. The van der Waals surface area contributed by atoms with Crippen LogP contribution in [0.15, 0.2) is 18.2 Å². The number of hydrogen-bond acceptors (Lipinski definition) is 1. The fraction of sp³-hybridized carbons (Fsp3) is 0.611. The van der Waals surface area contributed by atoms with E-state index in [9.17, 15) is 0 Å². The molecule has 21 heavy (non-hydrogen) atoms. The van der Waals surface area contributed by atoms with Crippen LogP contribution in [0.1, 0.15) is 77.3 Å². The average Bonchev–Trinajstić information content (AvgIpc) is 2.44. The van der Waals surface area contributed by atoms with Crippen LogP contribution in [0.2, 0.25) is 0 Å². The van der Waals surface area contributed by atoms with Gasteiger partial charge in [-0.05, 0) is 48.0 Å². The fourth-order valence-electron chi connectivity index (χ4n) is 2.52. The zero-order chi connectivity index (χ0) is 16.0. The van der Waals surface area contributed by atoms with Crippen molar-refractivity contribution in [3.8, 4) is 0 Å². The molecule has 0 aromatic heterocycles. The van der Waals surface area contributed by atoms with E-state index in [1.807, 2.05) is 0 Å². The normalized spacial score (nSPS) is 11.3. The lowest BCUT2D eigenvalue weighted by molar-refractivity contribution is 0.573. The summed E-state index contributed by atoms with van der Waals surface area (Å²) in [5.74, 6) is 0.948. The minimum Gasteiger partial charge on any atom is -0.360 e. The first-order valence-electron chi connectivity index (χ1n) is 8.10. The number of hydrogen-bond donors (Lipinski definition) is 2. The molecular weight excluding hydrogens is 276 g/mol. The van der Waals surface area contributed by atoms with E-state index in [-0.39, 0.29) is 0 Å². The van der Waals surface area contributed by atoms with Gasteiger partial charge in [0.1, 0.15) is 0 Å². The predicted octanol–water partition coefficient (Wildman–Crippen LogP) is 5.41. The van der Waals surface area contributed by atoms with Crippen molar-refractivity contribution < 1.29 is 0 Å². The summed E-state index contributed by atoms with van der Waals surface area (Å²) in [4.78, 5) is 0. The minimum absolute atomic E-state index is 0.443. The first-order valence-corrected chi connectivity index (χ1v) is 8.51. The van der Waals surface area contributed by atoms with Crippen LogP contribution in [0.5, 0.6) is 0 Å². The molecule has 0 radical (unpaired) electrons. The highest BCUT2D eigenvalue weighted by molar-refractivity contribution is 7.80. The number of anilines is 1. The summed E-state index contributed by atoms with van der Waals surface area (Å²) in [7, 11) is 0. The Labute approximate surface area is 135 Å². The van der Waals surface area contributed by atoms with E-state index in [4.69, 9.17) is 12.2 Å². The molecule has 2 N–H and O–H groups in total. The van der Waals surface area contributed by atoms with Crippen molar-refractivity contribution in [1.82, 2.24) is 5.32 Å². The second-order valence-corrected chi connectivity index (χ2v) is 6.64. The van der Waals surface area contributed by atoms with Crippen LogP contribution < -0.4 is 10.6 Å². The number of benzene rings is 1. The van der Waals surface area contributed by atoms with E-state index < -0.39 is 0 Å². The Balaban J connectivity index is 3.02. The number of nitrogens with one attached hydrogen (secondary N) is 2. The van der Waals surface area contributed by atoms with E-state index >= 15 is 0 Å². The molecule has 0 fully saturated rings. The molecule has 0 amide bonds. The van der Waals surface area contributed by atoms with E-state index in [1.54, 1.807) is 0 Å². The molecule has 0 saturated heterocycles. The molecular formula is C18H30N2S. The summed E-state index contributed by atoms with van der Waals surface area (Å²) in [6.07, 6.45) is 2.17. The molecule has 0 unspecified atom stereocenters. The molecule has 0 spiro atoms. The number of rotatable bonds is 6. The highest BCUT2D eigenvalue weighted by Gasteiger charge is 2.15. The van der Waals surface area contributed by atoms with Crippen molar-refractivity contribution in [2.24, 2.45) is 0 Å². The predicted molar refractivity (Wildman–Crippen MR) is 98.3 cm³/mol.